The van der Waals surface area contributed by atoms with Crippen molar-refractivity contribution in [3.8, 4) is 40.2 Å². The third-order valence-electron chi connectivity index (χ3n) is 8.69. The number of aromatic hydroxyl groups is 3. The minimum atomic E-state index is -1.66. The molecule has 4 aromatic rings. The first-order valence-electron chi connectivity index (χ1n) is 16.0. The highest BCUT2D eigenvalue weighted by Gasteiger charge is 2.41. The Morgan fingerprint density at radius 1 is 0.796 bits per heavy atom. The lowest BCUT2D eigenvalue weighted by atomic mass is 9.92. The molecule has 4 N–H and O–H groups in total. The number of aliphatic hydroxyl groups is 1. The molecule has 4 aromatic carbocycles. The Labute approximate surface area is 283 Å². The summed E-state index contributed by atoms with van der Waals surface area (Å²) in [6.45, 7) is 5.93. The van der Waals surface area contributed by atoms with E-state index in [1.54, 1.807) is 37.3 Å². The van der Waals surface area contributed by atoms with Crippen molar-refractivity contribution >= 4 is 11.8 Å². The quantitative estimate of drug-likeness (QED) is 0.157. The lowest BCUT2D eigenvalue weighted by Crippen LogP contribution is -2.38. The predicted octanol–water partition coefficient (Wildman–Crippen LogP) is 5.92. The number of ketones is 1. The summed E-state index contributed by atoms with van der Waals surface area (Å²) in [6.07, 6.45) is -3.57. The van der Waals surface area contributed by atoms with Gasteiger partial charge in [-0.25, -0.2) is 0 Å². The SMILES string of the molecule is COc1cc([C@@H]2Oc3cc([C@@H]4Oc5cc(O)cc(O)c5C(=O)[C@H]4O)ccc3O[C@H]2COC(=O)[C@@H](C)c2ccc(CC(C)C)cc2)ccc1O. The number of hydrogen-bond acceptors (Lipinski definition) is 11. The van der Waals surface area contributed by atoms with Crippen molar-refractivity contribution in [2.24, 2.45) is 5.92 Å². The van der Waals surface area contributed by atoms with Gasteiger partial charge in [0.1, 0.15) is 29.4 Å². The van der Waals surface area contributed by atoms with Crippen LogP contribution in [0.15, 0.2) is 72.8 Å². The van der Waals surface area contributed by atoms with Crippen molar-refractivity contribution in [1.82, 2.24) is 0 Å². The number of hydrogen-bond donors (Lipinski definition) is 4. The van der Waals surface area contributed by atoms with Crippen LogP contribution in [0.1, 0.15) is 71.5 Å². The second-order valence-corrected chi connectivity index (χ2v) is 12.7. The van der Waals surface area contributed by atoms with Crippen LogP contribution in [0.3, 0.4) is 0 Å². The second-order valence-electron chi connectivity index (χ2n) is 12.7. The van der Waals surface area contributed by atoms with Crippen LogP contribution in [0.2, 0.25) is 0 Å². The molecule has 0 aromatic heterocycles. The number of carbonyl (C=O) groups is 2. The largest absolute Gasteiger partial charge is 0.508 e. The van der Waals surface area contributed by atoms with Gasteiger partial charge >= 0.3 is 5.97 Å². The summed E-state index contributed by atoms with van der Waals surface area (Å²) in [7, 11) is 1.42. The van der Waals surface area contributed by atoms with Crippen molar-refractivity contribution < 1.29 is 53.7 Å². The fraction of sp³-hybridized carbons (Fsp3) is 0.316. The first-order valence-corrected chi connectivity index (χ1v) is 16.0. The topological polar surface area (TPSA) is 161 Å². The number of methoxy groups -OCH3 is 1. The Kier molecular flexibility index (Phi) is 9.29. The van der Waals surface area contributed by atoms with Gasteiger partial charge in [0, 0.05) is 17.7 Å². The van der Waals surface area contributed by atoms with Crippen LogP contribution in [0.25, 0.3) is 0 Å². The highest BCUT2D eigenvalue weighted by atomic mass is 16.6. The standard InChI is InChI=1S/C38H38O11/c1-19(2)13-21-5-7-22(8-6-21)20(3)38(44)46-18-32-36(23-9-11-26(40)29(14-23)45-4)48-30-15-24(10-12-28(30)47-32)37-35(43)34(42)33-27(41)16-25(39)17-31(33)49-37/h5-12,14-17,19-20,32,35-37,39-41,43H,13,18H2,1-4H3/t20-,32-,35+,36-,37-/m0/s1. The van der Waals surface area contributed by atoms with Crippen molar-refractivity contribution in [1.29, 1.82) is 0 Å². The maximum absolute atomic E-state index is 13.2. The van der Waals surface area contributed by atoms with Gasteiger partial charge in [0.15, 0.2) is 47.4 Å². The summed E-state index contributed by atoms with van der Waals surface area (Å²) in [5, 5.41) is 41.3. The summed E-state index contributed by atoms with van der Waals surface area (Å²) in [5.41, 5.74) is 2.71. The molecular formula is C38H38O11. The summed E-state index contributed by atoms with van der Waals surface area (Å²) < 4.78 is 29.7. The molecular weight excluding hydrogens is 632 g/mol. The van der Waals surface area contributed by atoms with E-state index in [0.29, 0.717) is 22.8 Å². The Morgan fingerprint density at radius 2 is 1.49 bits per heavy atom. The van der Waals surface area contributed by atoms with Crippen LogP contribution in [0.5, 0.6) is 40.2 Å². The molecule has 256 valence electrons. The van der Waals surface area contributed by atoms with Crippen molar-refractivity contribution in [3.05, 3.63) is 101 Å². The molecule has 11 heteroatoms. The average molecular weight is 671 g/mol. The third-order valence-corrected chi connectivity index (χ3v) is 8.69. The summed E-state index contributed by atoms with van der Waals surface area (Å²) >= 11 is 0. The fourth-order valence-electron chi connectivity index (χ4n) is 6.11. The first kappa shape index (κ1) is 33.5. The molecule has 2 aliphatic rings. The molecule has 49 heavy (non-hydrogen) atoms. The number of fused-ring (bicyclic) bond motifs is 2. The molecule has 0 saturated heterocycles. The van der Waals surface area contributed by atoms with Crippen LogP contribution in [0.4, 0.5) is 0 Å². The fourth-order valence-corrected chi connectivity index (χ4v) is 6.11. The van der Waals surface area contributed by atoms with Gasteiger partial charge in [-0.15, -0.1) is 0 Å². The Morgan fingerprint density at radius 3 is 2.20 bits per heavy atom. The molecule has 0 fully saturated rings. The minimum Gasteiger partial charge on any atom is -0.508 e. The molecule has 2 heterocycles. The van der Waals surface area contributed by atoms with E-state index < -0.39 is 47.8 Å². The van der Waals surface area contributed by atoms with Crippen LogP contribution >= 0.6 is 0 Å². The smallest absolute Gasteiger partial charge is 0.313 e. The molecule has 0 amide bonds. The molecule has 0 unspecified atom stereocenters. The summed E-state index contributed by atoms with van der Waals surface area (Å²) in [5.74, 6) is -1.43. The van der Waals surface area contributed by atoms with Crippen LogP contribution in [0, 0.1) is 5.92 Å². The highest BCUT2D eigenvalue weighted by Crippen LogP contribution is 2.46. The molecule has 0 spiro atoms. The summed E-state index contributed by atoms with van der Waals surface area (Å²) in [6, 6.07) is 19.5. The number of rotatable bonds is 9. The monoisotopic (exact) mass is 670 g/mol. The molecule has 5 atom stereocenters. The maximum Gasteiger partial charge on any atom is 0.313 e. The Hall–Kier alpha value is -5.42. The normalized spacial score (nSPS) is 20.2. The zero-order valence-electron chi connectivity index (χ0n) is 27.5. The van der Waals surface area contributed by atoms with Gasteiger partial charge in [0.2, 0.25) is 5.78 Å². The van der Waals surface area contributed by atoms with Crippen LogP contribution in [-0.2, 0) is 16.0 Å². The molecule has 6 rings (SSSR count). The Balaban J connectivity index is 1.25. The van der Waals surface area contributed by atoms with Gasteiger partial charge < -0.3 is 44.1 Å². The van der Waals surface area contributed by atoms with Crippen molar-refractivity contribution in [3.63, 3.8) is 0 Å². The number of esters is 1. The van der Waals surface area contributed by atoms with Gasteiger partial charge in [-0.3, -0.25) is 9.59 Å². The van der Waals surface area contributed by atoms with E-state index in [0.717, 1.165) is 18.1 Å². The van der Waals surface area contributed by atoms with Gasteiger partial charge in [-0.05, 0) is 60.2 Å². The number of carbonyl (C=O) groups excluding carboxylic acids is 2. The molecule has 2 aliphatic heterocycles. The van der Waals surface area contributed by atoms with Crippen molar-refractivity contribution in [2.45, 2.75) is 57.5 Å². The van der Waals surface area contributed by atoms with Crippen LogP contribution < -0.4 is 18.9 Å². The highest BCUT2D eigenvalue weighted by molar-refractivity contribution is 6.05. The average Bonchev–Trinajstić information content (AvgIpc) is 3.07. The van der Waals surface area contributed by atoms with E-state index in [9.17, 15) is 30.0 Å². The number of benzene rings is 4. The van der Waals surface area contributed by atoms with E-state index in [1.807, 2.05) is 24.3 Å². The zero-order valence-corrected chi connectivity index (χ0v) is 27.5. The van der Waals surface area contributed by atoms with E-state index in [2.05, 4.69) is 13.8 Å². The van der Waals surface area contributed by atoms with E-state index in [1.165, 1.54) is 24.8 Å². The minimum absolute atomic E-state index is 0.0765. The molecule has 11 nitrogen and oxygen atoms in total. The van der Waals surface area contributed by atoms with E-state index >= 15 is 0 Å². The van der Waals surface area contributed by atoms with Crippen molar-refractivity contribution in [2.75, 3.05) is 13.7 Å². The maximum atomic E-state index is 13.2. The number of phenols is 3. The number of phenolic OH excluding ortho intramolecular Hbond substituents is 3. The lowest BCUT2D eigenvalue weighted by Gasteiger charge is -2.35. The number of Topliss-reactive ketones (excluding diaryl/α,β-unsaturated/α-hetero) is 1. The summed E-state index contributed by atoms with van der Waals surface area (Å²) in [4.78, 5) is 26.2. The third kappa shape index (κ3) is 6.80. The van der Waals surface area contributed by atoms with Gasteiger partial charge in [0.25, 0.3) is 0 Å². The Bertz CT molecular complexity index is 1870. The zero-order chi connectivity index (χ0) is 35.0. The number of ether oxygens (including phenoxy) is 5. The molecule has 0 aliphatic carbocycles. The molecule has 0 bridgehead atoms. The van der Waals surface area contributed by atoms with Gasteiger partial charge in [-0.1, -0.05) is 50.2 Å². The molecule has 0 radical (unpaired) electrons. The predicted molar refractivity (Wildman–Crippen MR) is 177 cm³/mol. The first-order chi connectivity index (χ1) is 23.4. The van der Waals surface area contributed by atoms with Crippen LogP contribution in [-0.4, -0.2) is 58.1 Å². The molecule has 0 saturated carbocycles. The van der Waals surface area contributed by atoms with Gasteiger partial charge in [-0.2, -0.15) is 0 Å². The van der Waals surface area contributed by atoms with E-state index in [4.69, 9.17) is 23.7 Å². The van der Waals surface area contributed by atoms with Gasteiger partial charge in [0.05, 0.1) is 13.0 Å². The second kappa shape index (κ2) is 13.6. The lowest BCUT2D eigenvalue weighted by molar-refractivity contribution is -0.150. The van der Waals surface area contributed by atoms with E-state index in [-0.39, 0.29) is 40.9 Å². The number of aliphatic hydroxyl groups excluding tert-OH is 1.